The molecular formula is C23H29N5O6. The summed E-state index contributed by atoms with van der Waals surface area (Å²) in [6.07, 6.45) is 4.24. The highest BCUT2D eigenvalue weighted by Crippen LogP contribution is 2.29. The molecule has 0 unspecified atom stereocenters. The van der Waals surface area contributed by atoms with Gasteiger partial charge >= 0.3 is 5.97 Å². The molecule has 11 heteroatoms. The fourth-order valence-corrected chi connectivity index (χ4v) is 3.99. The highest BCUT2D eigenvalue weighted by molar-refractivity contribution is 5.94. The van der Waals surface area contributed by atoms with Crippen LogP contribution in [-0.4, -0.2) is 80.2 Å². The van der Waals surface area contributed by atoms with Gasteiger partial charge in [0.2, 0.25) is 18.3 Å². The fourth-order valence-electron chi connectivity index (χ4n) is 3.99. The Morgan fingerprint density at radius 2 is 1.82 bits per heavy atom. The van der Waals surface area contributed by atoms with Crippen LogP contribution < -0.4 is 19.7 Å². The summed E-state index contributed by atoms with van der Waals surface area (Å²) < 4.78 is 15.3. The van der Waals surface area contributed by atoms with Gasteiger partial charge in [0.15, 0.2) is 0 Å². The normalized spacial score (nSPS) is 14.8. The third-order valence-corrected chi connectivity index (χ3v) is 6.06. The van der Waals surface area contributed by atoms with Gasteiger partial charge in [-0.3, -0.25) is 14.5 Å². The van der Waals surface area contributed by atoms with Crippen molar-refractivity contribution in [3.8, 4) is 11.5 Å². The van der Waals surface area contributed by atoms with E-state index in [-0.39, 0.29) is 18.0 Å². The predicted molar refractivity (Wildman–Crippen MR) is 123 cm³/mol. The van der Waals surface area contributed by atoms with Gasteiger partial charge < -0.3 is 24.4 Å². The maximum absolute atomic E-state index is 13.5. The Balaban J connectivity index is 1.73. The lowest BCUT2D eigenvalue weighted by molar-refractivity contribution is -0.145. The minimum Gasteiger partial charge on any atom is -0.497 e. The zero-order valence-corrected chi connectivity index (χ0v) is 19.7. The Hall–Kier alpha value is -3.73. The van der Waals surface area contributed by atoms with Crippen molar-refractivity contribution in [2.24, 2.45) is 0 Å². The van der Waals surface area contributed by atoms with E-state index in [1.54, 1.807) is 32.4 Å². The van der Waals surface area contributed by atoms with Gasteiger partial charge in [0.25, 0.3) is 0 Å². The molecule has 0 spiro atoms. The number of likely N-dealkylation sites (N-methyl/N-ethyl adjacent to an activating group) is 1. The number of nitrogens with zero attached hydrogens (tertiary/aromatic N) is 4. The van der Waals surface area contributed by atoms with Crippen molar-refractivity contribution < 1.29 is 28.6 Å². The maximum Gasteiger partial charge on any atom is 0.341 e. The van der Waals surface area contributed by atoms with Crippen LogP contribution in [0.1, 0.15) is 28.8 Å². The summed E-state index contributed by atoms with van der Waals surface area (Å²) in [4.78, 5) is 48.6. The lowest BCUT2D eigenvalue weighted by Crippen LogP contribution is -2.61. The molecule has 0 bridgehead atoms. The van der Waals surface area contributed by atoms with Crippen molar-refractivity contribution >= 4 is 24.2 Å². The summed E-state index contributed by atoms with van der Waals surface area (Å²) in [5.74, 6) is 0.784. The second-order valence-electron chi connectivity index (χ2n) is 7.80. The van der Waals surface area contributed by atoms with Gasteiger partial charge in [-0.15, -0.1) is 0 Å². The average molecular weight is 472 g/mol. The lowest BCUT2D eigenvalue weighted by atomic mass is 9.86. The third-order valence-electron chi connectivity index (χ3n) is 6.06. The zero-order chi connectivity index (χ0) is 24.7. The molecule has 1 aliphatic rings. The van der Waals surface area contributed by atoms with E-state index in [0.717, 1.165) is 4.90 Å². The molecule has 1 aliphatic heterocycles. The molecule has 2 heterocycles. The van der Waals surface area contributed by atoms with Crippen molar-refractivity contribution in [2.75, 3.05) is 46.4 Å². The molecule has 0 aliphatic carbocycles. The molecule has 1 aromatic carbocycles. The van der Waals surface area contributed by atoms with E-state index >= 15 is 0 Å². The molecule has 3 rings (SSSR count). The van der Waals surface area contributed by atoms with Crippen molar-refractivity contribution in [1.29, 1.82) is 0 Å². The van der Waals surface area contributed by atoms with E-state index in [0.29, 0.717) is 55.4 Å². The van der Waals surface area contributed by atoms with E-state index in [1.165, 1.54) is 26.6 Å². The van der Waals surface area contributed by atoms with Gasteiger partial charge in [0.1, 0.15) is 17.0 Å². The number of ether oxygens (including phenoxy) is 3. The Morgan fingerprint density at radius 1 is 1.15 bits per heavy atom. The van der Waals surface area contributed by atoms with Gasteiger partial charge in [-0.1, -0.05) is 0 Å². The molecule has 1 N–H and O–H groups in total. The number of carbonyl (C=O) groups is 3. The standard InChI is InChI=1S/C23H29N5O6/c1-24-23(7-9-27(10-8-23)22-25-12-17(13-26-22)20(30)34-4)21(31)28(15-29)14-16-11-18(32-2)5-6-19(16)33-3/h5-6,11-13,15,24H,7-10,14H2,1-4H3. The van der Waals surface area contributed by atoms with Gasteiger partial charge in [-0.25, -0.2) is 14.8 Å². The largest absolute Gasteiger partial charge is 0.497 e. The summed E-state index contributed by atoms with van der Waals surface area (Å²) in [5, 5.41) is 3.14. The van der Waals surface area contributed by atoms with Gasteiger partial charge in [0, 0.05) is 31.0 Å². The van der Waals surface area contributed by atoms with Crippen LogP contribution in [-0.2, 0) is 20.9 Å². The number of methoxy groups -OCH3 is 3. The third kappa shape index (κ3) is 5.09. The molecule has 0 radical (unpaired) electrons. The van der Waals surface area contributed by atoms with E-state index < -0.39 is 11.5 Å². The van der Waals surface area contributed by atoms with Crippen LogP contribution in [0.5, 0.6) is 11.5 Å². The highest BCUT2D eigenvalue weighted by Gasteiger charge is 2.43. The monoisotopic (exact) mass is 471 g/mol. The molecule has 1 fully saturated rings. The van der Waals surface area contributed by atoms with Gasteiger partial charge in [0.05, 0.1) is 33.4 Å². The molecule has 0 atom stereocenters. The molecule has 1 saturated heterocycles. The number of anilines is 1. The molecule has 2 amide bonds. The molecule has 182 valence electrons. The zero-order valence-electron chi connectivity index (χ0n) is 19.7. The molecule has 34 heavy (non-hydrogen) atoms. The first kappa shape index (κ1) is 24.9. The van der Waals surface area contributed by atoms with Crippen molar-refractivity contribution in [1.82, 2.24) is 20.2 Å². The lowest BCUT2D eigenvalue weighted by Gasteiger charge is -2.42. The topological polar surface area (TPSA) is 123 Å². The van der Waals surface area contributed by atoms with Gasteiger partial charge in [-0.05, 0) is 38.1 Å². The van der Waals surface area contributed by atoms with Crippen LogP contribution in [0.4, 0.5) is 5.95 Å². The smallest absolute Gasteiger partial charge is 0.341 e. The SMILES string of the molecule is CNC1(C(=O)N(C=O)Cc2cc(OC)ccc2OC)CCN(c2ncc(C(=O)OC)cn2)CC1. The second kappa shape index (κ2) is 10.9. The number of aromatic nitrogens is 2. The summed E-state index contributed by atoms with van der Waals surface area (Å²) >= 11 is 0. The Morgan fingerprint density at radius 3 is 2.35 bits per heavy atom. The van der Waals surface area contributed by atoms with Crippen molar-refractivity contribution in [3.05, 3.63) is 41.7 Å². The van der Waals surface area contributed by atoms with Crippen LogP contribution in [0.25, 0.3) is 0 Å². The summed E-state index contributed by atoms with van der Waals surface area (Å²) in [6.45, 7) is 1.02. The fraction of sp³-hybridized carbons (Fsp3) is 0.435. The van der Waals surface area contributed by atoms with E-state index in [9.17, 15) is 14.4 Å². The minimum atomic E-state index is -0.921. The van der Waals surface area contributed by atoms with Crippen LogP contribution in [0, 0.1) is 0 Å². The average Bonchev–Trinajstić information content (AvgIpc) is 2.90. The second-order valence-corrected chi connectivity index (χ2v) is 7.80. The van der Waals surface area contributed by atoms with Crippen LogP contribution in [0.3, 0.4) is 0 Å². The van der Waals surface area contributed by atoms with Gasteiger partial charge in [-0.2, -0.15) is 0 Å². The highest BCUT2D eigenvalue weighted by atomic mass is 16.5. The molecule has 2 aromatic rings. The summed E-state index contributed by atoms with van der Waals surface area (Å²) in [6, 6.07) is 5.23. The number of nitrogens with one attached hydrogen (secondary N) is 1. The quantitative estimate of drug-likeness (QED) is 0.419. The first-order chi connectivity index (χ1) is 16.4. The van der Waals surface area contributed by atoms with E-state index in [1.807, 2.05) is 4.90 Å². The molecule has 0 saturated carbocycles. The number of hydrogen-bond acceptors (Lipinski definition) is 10. The Kier molecular flexibility index (Phi) is 8.00. The van der Waals surface area contributed by atoms with E-state index in [2.05, 4.69) is 20.0 Å². The Labute approximate surface area is 198 Å². The molecule has 1 aromatic heterocycles. The number of benzene rings is 1. The van der Waals surface area contributed by atoms with Crippen LogP contribution in [0.2, 0.25) is 0 Å². The minimum absolute atomic E-state index is 0.0496. The number of rotatable bonds is 9. The number of esters is 1. The maximum atomic E-state index is 13.5. The number of amides is 2. The van der Waals surface area contributed by atoms with Crippen molar-refractivity contribution in [2.45, 2.75) is 24.9 Å². The summed E-state index contributed by atoms with van der Waals surface area (Å²) in [7, 11) is 6.08. The van der Waals surface area contributed by atoms with Crippen LogP contribution in [0.15, 0.2) is 30.6 Å². The predicted octanol–water partition coefficient (Wildman–Crippen LogP) is 1.02. The number of carbonyl (C=O) groups excluding carboxylic acids is 3. The summed E-state index contributed by atoms with van der Waals surface area (Å²) in [5.41, 5.74) is -0.00201. The van der Waals surface area contributed by atoms with Crippen LogP contribution >= 0.6 is 0 Å². The molecule has 11 nitrogen and oxygen atoms in total. The number of piperidine rings is 1. The van der Waals surface area contributed by atoms with Crippen molar-refractivity contribution in [3.63, 3.8) is 0 Å². The first-order valence-electron chi connectivity index (χ1n) is 10.7. The number of imide groups is 1. The number of hydrogen-bond donors (Lipinski definition) is 1. The van der Waals surface area contributed by atoms with E-state index in [4.69, 9.17) is 9.47 Å². The molecular weight excluding hydrogens is 442 g/mol. The first-order valence-corrected chi connectivity index (χ1v) is 10.7. The Bertz CT molecular complexity index is 1020.